The summed E-state index contributed by atoms with van der Waals surface area (Å²) in [6.07, 6.45) is 2.19. The zero-order chi connectivity index (χ0) is 15.5. The SMILES string of the molecule is CCn1cc(COc2cccc(OC)c2)c2c(C)cccc21. The minimum Gasteiger partial charge on any atom is -0.497 e. The van der Waals surface area contributed by atoms with E-state index >= 15 is 0 Å². The lowest BCUT2D eigenvalue weighted by Crippen LogP contribution is -1.96. The van der Waals surface area contributed by atoms with Crippen LogP contribution in [0.2, 0.25) is 0 Å². The fraction of sp³-hybridized carbons (Fsp3) is 0.263. The summed E-state index contributed by atoms with van der Waals surface area (Å²) in [5, 5.41) is 1.30. The number of nitrogens with zero attached hydrogens (tertiary/aromatic N) is 1. The van der Waals surface area contributed by atoms with Crippen molar-refractivity contribution in [2.45, 2.75) is 27.0 Å². The van der Waals surface area contributed by atoms with E-state index in [-0.39, 0.29) is 0 Å². The average Bonchev–Trinajstić information content (AvgIpc) is 2.92. The van der Waals surface area contributed by atoms with E-state index in [2.05, 4.69) is 42.8 Å². The topological polar surface area (TPSA) is 23.4 Å². The zero-order valence-electron chi connectivity index (χ0n) is 13.3. The number of hydrogen-bond acceptors (Lipinski definition) is 2. The Morgan fingerprint density at radius 2 is 1.82 bits per heavy atom. The van der Waals surface area contributed by atoms with E-state index in [1.807, 2.05) is 24.3 Å². The smallest absolute Gasteiger partial charge is 0.123 e. The summed E-state index contributed by atoms with van der Waals surface area (Å²) in [6.45, 7) is 5.83. The molecule has 0 spiro atoms. The lowest BCUT2D eigenvalue weighted by molar-refractivity contribution is 0.304. The van der Waals surface area contributed by atoms with Crippen molar-refractivity contribution >= 4 is 10.9 Å². The van der Waals surface area contributed by atoms with E-state index in [0.717, 1.165) is 18.0 Å². The predicted octanol–water partition coefficient (Wildman–Crippen LogP) is 4.56. The number of benzene rings is 2. The molecule has 0 N–H and O–H groups in total. The minimum atomic E-state index is 0.557. The second kappa shape index (κ2) is 6.14. The molecule has 1 aromatic heterocycles. The highest BCUT2D eigenvalue weighted by Crippen LogP contribution is 2.27. The first-order valence-electron chi connectivity index (χ1n) is 7.57. The Bertz CT molecular complexity index is 789. The Kier molecular flexibility index (Phi) is 4.05. The van der Waals surface area contributed by atoms with E-state index in [1.54, 1.807) is 7.11 Å². The molecular formula is C19H21NO2. The van der Waals surface area contributed by atoms with Crippen molar-refractivity contribution in [2.75, 3.05) is 7.11 Å². The van der Waals surface area contributed by atoms with Gasteiger partial charge in [0.25, 0.3) is 0 Å². The summed E-state index contributed by atoms with van der Waals surface area (Å²) < 4.78 is 13.5. The highest BCUT2D eigenvalue weighted by Gasteiger charge is 2.10. The van der Waals surface area contributed by atoms with Gasteiger partial charge in [-0.25, -0.2) is 0 Å². The van der Waals surface area contributed by atoms with E-state index in [1.165, 1.54) is 22.0 Å². The summed E-state index contributed by atoms with van der Waals surface area (Å²) in [4.78, 5) is 0. The van der Waals surface area contributed by atoms with Crippen molar-refractivity contribution < 1.29 is 9.47 Å². The van der Waals surface area contributed by atoms with Crippen LogP contribution in [-0.4, -0.2) is 11.7 Å². The third kappa shape index (κ3) is 2.67. The molecule has 0 atom stereocenters. The number of hydrogen-bond donors (Lipinski definition) is 0. The van der Waals surface area contributed by atoms with Crippen LogP contribution < -0.4 is 9.47 Å². The van der Waals surface area contributed by atoms with Crippen LogP contribution in [0.3, 0.4) is 0 Å². The quantitative estimate of drug-likeness (QED) is 0.689. The van der Waals surface area contributed by atoms with Crippen molar-refractivity contribution in [3.05, 3.63) is 59.8 Å². The predicted molar refractivity (Wildman–Crippen MR) is 89.7 cm³/mol. The number of rotatable bonds is 5. The average molecular weight is 295 g/mol. The molecule has 3 rings (SSSR count). The van der Waals surface area contributed by atoms with Gasteiger partial charge in [-0.2, -0.15) is 0 Å². The lowest BCUT2D eigenvalue weighted by atomic mass is 10.1. The Hall–Kier alpha value is -2.42. The van der Waals surface area contributed by atoms with Gasteiger partial charge in [-0.05, 0) is 37.6 Å². The van der Waals surface area contributed by atoms with Crippen molar-refractivity contribution in [2.24, 2.45) is 0 Å². The maximum atomic E-state index is 5.96. The van der Waals surface area contributed by atoms with Gasteiger partial charge in [-0.15, -0.1) is 0 Å². The Morgan fingerprint density at radius 1 is 1.05 bits per heavy atom. The van der Waals surface area contributed by atoms with Crippen LogP contribution in [0.1, 0.15) is 18.1 Å². The summed E-state index contributed by atoms with van der Waals surface area (Å²) in [6, 6.07) is 14.1. The van der Waals surface area contributed by atoms with Gasteiger partial charge in [0.1, 0.15) is 18.1 Å². The molecule has 3 heteroatoms. The van der Waals surface area contributed by atoms with Crippen molar-refractivity contribution in [3.63, 3.8) is 0 Å². The fourth-order valence-electron chi connectivity index (χ4n) is 2.85. The second-order valence-corrected chi connectivity index (χ2v) is 5.38. The Labute approximate surface area is 131 Å². The summed E-state index contributed by atoms with van der Waals surface area (Å²) in [7, 11) is 1.66. The molecule has 0 radical (unpaired) electrons. The van der Waals surface area contributed by atoms with Gasteiger partial charge in [0.2, 0.25) is 0 Å². The van der Waals surface area contributed by atoms with Gasteiger partial charge in [0.15, 0.2) is 0 Å². The van der Waals surface area contributed by atoms with E-state index in [0.29, 0.717) is 6.61 Å². The maximum absolute atomic E-state index is 5.96. The highest BCUT2D eigenvalue weighted by molar-refractivity contribution is 5.87. The van der Waals surface area contributed by atoms with E-state index in [4.69, 9.17) is 9.47 Å². The normalized spacial score (nSPS) is 10.9. The molecule has 3 nitrogen and oxygen atoms in total. The minimum absolute atomic E-state index is 0.557. The van der Waals surface area contributed by atoms with Crippen LogP contribution in [0, 0.1) is 6.92 Å². The lowest BCUT2D eigenvalue weighted by Gasteiger charge is -2.07. The van der Waals surface area contributed by atoms with Crippen LogP contribution >= 0.6 is 0 Å². The zero-order valence-corrected chi connectivity index (χ0v) is 13.3. The molecule has 0 fully saturated rings. The molecule has 0 aliphatic rings. The van der Waals surface area contributed by atoms with Gasteiger partial charge in [0, 0.05) is 35.3 Å². The van der Waals surface area contributed by atoms with Crippen molar-refractivity contribution in [3.8, 4) is 11.5 Å². The monoisotopic (exact) mass is 295 g/mol. The maximum Gasteiger partial charge on any atom is 0.123 e. The first-order valence-corrected chi connectivity index (χ1v) is 7.57. The molecule has 0 aliphatic carbocycles. The molecular weight excluding hydrogens is 274 g/mol. The Morgan fingerprint density at radius 3 is 2.59 bits per heavy atom. The molecule has 0 aliphatic heterocycles. The molecule has 0 unspecified atom stereocenters. The summed E-state index contributed by atoms with van der Waals surface area (Å²) >= 11 is 0. The number of methoxy groups -OCH3 is 1. The van der Waals surface area contributed by atoms with E-state index < -0.39 is 0 Å². The molecule has 0 amide bonds. The fourth-order valence-corrected chi connectivity index (χ4v) is 2.85. The van der Waals surface area contributed by atoms with Crippen LogP contribution in [0.5, 0.6) is 11.5 Å². The molecule has 0 saturated carbocycles. The first kappa shape index (κ1) is 14.5. The largest absolute Gasteiger partial charge is 0.497 e. The van der Waals surface area contributed by atoms with Gasteiger partial charge in [0.05, 0.1) is 7.11 Å². The van der Waals surface area contributed by atoms with Gasteiger partial charge < -0.3 is 14.0 Å². The standard InChI is InChI=1S/C19H21NO2/c1-4-20-12-15(19-14(2)7-5-10-18(19)20)13-22-17-9-6-8-16(11-17)21-3/h5-12H,4,13H2,1-3H3. The molecule has 0 bridgehead atoms. The molecule has 2 aromatic carbocycles. The van der Waals surface area contributed by atoms with Gasteiger partial charge >= 0.3 is 0 Å². The summed E-state index contributed by atoms with van der Waals surface area (Å²) in [5.41, 5.74) is 3.78. The van der Waals surface area contributed by atoms with Crippen molar-refractivity contribution in [1.29, 1.82) is 0 Å². The van der Waals surface area contributed by atoms with Gasteiger partial charge in [-0.1, -0.05) is 18.2 Å². The third-order valence-corrected chi connectivity index (χ3v) is 3.97. The molecule has 3 aromatic rings. The molecule has 0 saturated heterocycles. The third-order valence-electron chi connectivity index (χ3n) is 3.97. The highest BCUT2D eigenvalue weighted by atomic mass is 16.5. The van der Waals surface area contributed by atoms with Crippen molar-refractivity contribution in [1.82, 2.24) is 4.57 Å². The number of fused-ring (bicyclic) bond motifs is 1. The van der Waals surface area contributed by atoms with Gasteiger partial charge in [-0.3, -0.25) is 0 Å². The first-order chi connectivity index (χ1) is 10.7. The Balaban J connectivity index is 1.90. The molecule has 1 heterocycles. The number of aromatic nitrogens is 1. The van der Waals surface area contributed by atoms with Crippen LogP contribution in [-0.2, 0) is 13.2 Å². The number of ether oxygens (including phenoxy) is 2. The molecule has 114 valence electrons. The second-order valence-electron chi connectivity index (χ2n) is 5.38. The number of aryl methyl sites for hydroxylation is 2. The van der Waals surface area contributed by atoms with Crippen LogP contribution in [0.4, 0.5) is 0 Å². The van der Waals surface area contributed by atoms with Crippen LogP contribution in [0.25, 0.3) is 10.9 Å². The van der Waals surface area contributed by atoms with E-state index in [9.17, 15) is 0 Å². The molecule has 22 heavy (non-hydrogen) atoms. The summed E-state index contributed by atoms with van der Waals surface area (Å²) in [5.74, 6) is 1.63. The van der Waals surface area contributed by atoms with Crippen LogP contribution in [0.15, 0.2) is 48.7 Å².